The maximum atomic E-state index is 12.1. The number of hydrazine groups is 1. The Morgan fingerprint density at radius 1 is 1.00 bits per heavy atom. The van der Waals surface area contributed by atoms with Crippen molar-refractivity contribution in [2.45, 2.75) is 6.92 Å². The predicted octanol–water partition coefficient (Wildman–Crippen LogP) is 2.13. The van der Waals surface area contributed by atoms with Crippen molar-refractivity contribution in [2.75, 3.05) is 23.1 Å². The topological polar surface area (TPSA) is 144 Å². The van der Waals surface area contributed by atoms with Crippen molar-refractivity contribution in [1.29, 1.82) is 0 Å². The molecule has 5 N–H and O–H groups in total. The van der Waals surface area contributed by atoms with Crippen LogP contribution in [0, 0.1) is 0 Å². The van der Waals surface area contributed by atoms with E-state index >= 15 is 0 Å². The number of benzene rings is 1. The molecule has 29 heavy (non-hydrogen) atoms. The van der Waals surface area contributed by atoms with Gasteiger partial charge in [0.25, 0.3) is 5.91 Å². The second kappa shape index (κ2) is 9.13. The Hall–Kier alpha value is -4.21. The third kappa shape index (κ3) is 4.95. The molecule has 0 saturated carbocycles. The van der Waals surface area contributed by atoms with Crippen molar-refractivity contribution < 1.29 is 14.3 Å². The number of hydrogen-bond acceptors (Lipinski definition) is 9. The third-order valence-electron chi connectivity index (χ3n) is 3.78. The van der Waals surface area contributed by atoms with Crippen molar-refractivity contribution in [3.8, 4) is 0 Å². The van der Waals surface area contributed by atoms with E-state index in [2.05, 4.69) is 31.1 Å². The lowest BCUT2D eigenvalue weighted by Crippen LogP contribution is -2.30. The van der Waals surface area contributed by atoms with Gasteiger partial charge < -0.3 is 15.8 Å². The quantitative estimate of drug-likeness (QED) is 0.350. The van der Waals surface area contributed by atoms with Gasteiger partial charge in [-0.15, -0.1) is 0 Å². The Morgan fingerprint density at radius 2 is 1.69 bits per heavy atom. The maximum Gasteiger partial charge on any atom is 0.338 e. The van der Waals surface area contributed by atoms with Gasteiger partial charge in [0.05, 0.1) is 12.2 Å². The Bertz CT molecular complexity index is 994. The highest BCUT2D eigenvalue weighted by Gasteiger charge is 2.11. The number of hydrogen-bond donors (Lipinski definition) is 4. The minimum atomic E-state index is -0.392. The van der Waals surface area contributed by atoms with Gasteiger partial charge in [0, 0.05) is 23.6 Å². The van der Waals surface area contributed by atoms with Crippen LogP contribution in [0.1, 0.15) is 27.6 Å². The second-order valence-electron chi connectivity index (χ2n) is 5.72. The Morgan fingerprint density at radius 3 is 2.38 bits per heavy atom. The fraction of sp³-hybridized carbons (Fsp3) is 0.105. The Kier molecular flexibility index (Phi) is 6.15. The molecular weight excluding hydrogens is 374 g/mol. The molecule has 0 aliphatic heterocycles. The van der Waals surface area contributed by atoms with Crippen LogP contribution < -0.4 is 21.9 Å². The van der Waals surface area contributed by atoms with E-state index in [0.717, 1.165) is 0 Å². The third-order valence-corrected chi connectivity index (χ3v) is 3.78. The highest BCUT2D eigenvalue weighted by molar-refractivity contribution is 5.95. The number of anilines is 4. The van der Waals surface area contributed by atoms with Gasteiger partial charge in [-0.1, -0.05) is 0 Å². The summed E-state index contributed by atoms with van der Waals surface area (Å²) in [5.41, 5.74) is 13.0. The molecule has 0 bridgehead atoms. The first-order valence-electron chi connectivity index (χ1n) is 8.69. The molecule has 0 atom stereocenters. The summed E-state index contributed by atoms with van der Waals surface area (Å²) >= 11 is 0. The molecule has 0 fully saturated rings. The zero-order valence-corrected chi connectivity index (χ0v) is 15.5. The summed E-state index contributed by atoms with van der Waals surface area (Å²) in [7, 11) is 0. The van der Waals surface area contributed by atoms with Crippen LogP contribution >= 0.6 is 0 Å². The van der Waals surface area contributed by atoms with Crippen molar-refractivity contribution >= 4 is 34.9 Å². The minimum absolute atomic E-state index is 0.206. The van der Waals surface area contributed by atoms with Crippen molar-refractivity contribution in [3.05, 3.63) is 66.2 Å². The van der Waals surface area contributed by atoms with E-state index < -0.39 is 5.97 Å². The van der Waals surface area contributed by atoms with Crippen molar-refractivity contribution in [2.24, 2.45) is 0 Å². The molecule has 3 aromatic rings. The zero-order chi connectivity index (χ0) is 20.6. The van der Waals surface area contributed by atoms with Gasteiger partial charge >= 0.3 is 5.97 Å². The highest BCUT2D eigenvalue weighted by Crippen LogP contribution is 2.25. The van der Waals surface area contributed by atoms with E-state index in [-0.39, 0.29) is 17.4 Å². The number of nitrogens with one attached hydrogen (secondary N) is 3. The lowest BCUT2D eigenvalue weighted by Gasteiger charge is -2.13. The lowest BCUT2D eigenvalue weighted by molar-refractivity contribution is 0.0526. The van der Waals surface area contributed by atoms with Crippen LogP contribution in [0.3, 0.4) is 0 Å². The molecule has 0 aliphatic rings. The van der Waals surface area contributed by atoms with Gasteiger partial charge in [-0.25, -0.2) is 14.8 Å². The predicted molar refractivity (Wildman–Crippen MR) is 107 cm³/mol. The number of ether oxygens (including phenoxy) is 1. The first-order valence-corrected chi connectivity index (χ1v) is 8.69. The number of nitrogens with zero attached hydrogens (tertiary/aromatic N) is 3. The number of aromatic nitrogens is 3. The van der Waals surface area contributed by atoms with Gasteiger partial charge in [-0.05, 0) is 43.3 Å². The SMILES string of the molecule is CCOC(=O)c1ccc(Nc2ncnc(NNC(=O)c3ccncc3)c2N)cc1. The summed E-state index contributed by atoms with van der Waals surface area (Å²) in [6.45, 7) is 2.06. The van der Waals surface area contributed by atoms with Crippen molar-refractivity contribution in [1.82, 2.24) is 20.4 Å². The zero-order valence-electron chi connectivity index (χ0n) is 15.5. The first-order chi connectivity index (χ1) is 14.1. The highest BCUT2D eigenvalue weighted by atomic mass is 16.5. The van der Waals surface area contributed by atoms with Crippen LogP contribution in [-0.2, 0) is 4.74 Å². The molecule has 10 nitrogen and oxygen atoms in total. The number of esters is 1. The number of carbonyl (C=O) groups excluding carboxylic acids is 2. The van der Waals surface area contributed by atoms with E-state index in [0.29, 0.717) is 29.2 Å². The van der Waals surface area contributed by atoms with E-state index in [9.17, 15) is 9.59 Å². The molecule has 1 aromatic carbocycles. The molecule has 2 aromatic heterocycles. The van der Waals surface area contributed by atoms with E-state index in [1.54, 1.807) is 43.3 Å². The van der Waals surface area contributed by atoms with Crippen molar-refractivity contribution in [3.63, 3.8) is 0 Å². The van der Waals surface area contributed by atoms with Crippen LogP contribution in [0.4, 0.5) is 23.0 Å². The van der Waals surface area contributed by atoms with Crippen LogP contribution in [-0.4, -0.2) is 33.4 Å². The summed E-state index contributed by atoms with van der Waals surface area (Å²) in [5.74, 6) is -0.191. The molecular formula is C19H19N7O3. The largest absolute Gasteiger partial charge is 0.462 e. The van der Waals surface area contributed by atoms with Crippen LogP contribution in [0.5, 0.6) is 0 Å². The summed E-state index contributed by atoms with van der Waals surface area (Å²) in [4.78, 5) is 35.8. The monoisotopic (exact) mass is 393 g/mol. The van der Waals surface area contributed by atoms with Gasteiger partial charge in [0.1, 0.15) is 12.0 Å². The summed E-state index contributed by atoms with van der Waals surface area (Å²) in [6.07, 6.45) is 4.33. The molecule has 0 radical (unpaired) electrons. The Labute approximate surface area is 166 Å². The van der Waals surface area contributed by atoms with Gasteiger partial charge in [0.15, 0.2) is 11.6 Å². The lowest BCUT2D eigenvalue weighted by atomic mass is 10.2. The smallest absolute Gasteiger partial charge is 0.338 e. The Balaban J connectivity index is 1.67. The van der Waals surface area contributed by atoms with Crippen LogP contribution in [0.25, 0.3) is 0 Å². The van der Waals surface area contributed by atoms with Crippen LogP contribution in [0.15, 0.2) is 55.1 Å². The molecule has 1 amide bonds. The number of pyridine rings is 1. The number of carbonyl (C=O) groups is 2. The average Bonchev–Trinajstić information content (AvgIpc) is 2.75. The molecule has 0 unspecified atom stereocenters. The fourth-order valence-electron chi connectivity index (χ4n) is 2.33. The van der Waals surface area contributed by atoms with Gasteiger partial charge in [-0.2, -0.15) is 0 Å². The summed E-state index contributed by atoms with van der Waals surface area (Å²) in [5, 5.41) is 3.04. The summed E-state index contributed by atoms with van der Waals surface area (Å²) < 4.78 is 4.95. The van der Waals surface area contributed by atoms with Gasteiger partial charge in [-0.3, -0.25) is 20.6 Å². The fourth-order valence-corrected chi connectivity index (χ4v) is 2.33. The number of nitrogen functional groups attached to an aromatic ring is 1. The average molecular weight is 393 g/mol. The maximum absolute atomic E-state index is 12.1. The molecule has 148 valence electrons. The normalized spacial score (nSPS) is 10.1. The molecule has 0 spiro atoms. The number of rotatable bonds is 7. The first kappa shape index (κ1) is 19.5. The molecule has 10 heteroatoms. The van der Waals surface area contributed by atoms with E-state index in [4.69, 9.17) is 10.5 Å². The minimum Gasteiger partial charge on any atom is -0.462 e. The van der Waals surface area contributed by atoms with Crippen LogP contribution in [0.2, 0.25) is 0 Å². The van der Waals surface area contributed by atoms with E-state index in [1.165, 1.54) is 18.7 Å². The van der Waals surface area contributed by atoms with Gasteiger partial charge in [0.2, 0.25) is 0 Å². The number of amides is 1. The molecule has 3 rings (SSSR count). The standard InChI is InChI=1S/C19H19N7O3/c1-2-29-19(28)13-3-5-14(6-4-13)24-16-15(20)17(23-11-22-16)25-26-18(27)12-7-9-21-10-8-12/h3-11H,2,20H2,1H3,(H,26,27)(H2,22,23,24,25). The number of nitrogens with two attached hydrogens (primary N) is 1. The molecule has 2 heterocycles. The molecule has 0 saturated heterocycles. The molecule has 0 aliphatic carbocycles. The second-order valence-corrected chi connectivity index (χ2v) is 5.72. The summed E-state index contributed by atoms with van der Waals surface area (Å²) in [6, 6.07) is 9.82. The van der Waals surface area contributed by atoms with E-state index in [1.807, 2.05) is 0 Å².